The van der Waals surface area contributed by atoms with Crippen molar-refractivity contribution in [2.75, 3.05) is 4.43 Å². The van der Waals surface area contributed by atoms with Gasteiger partial charge in [0.15, 0.2) is 0 Å². The second-order valence-corrected chi connectivity index (χ2v) is 1.29. The van der Waals surface area contributed by atoms with Gasteiger partial charge >= 0.3 is 24.8 Å². The summed E-state index contributed by atoms with van der Waals surface area (Å²) < 4.78 is 0.192. The molecule has 0 aliphatic rings. The average molecular weight is 194 g/mol. The van der Waals surface area contributed by atoms with Crippen LogP contribution in [-0.4, -0.2) is 34.4 Å². The van der Waals surface area contributed by atoms with E-state index in [1.54, 1.807) is 22.6 Å². The van der Waals surface area contributed by atoms with E-state index in [4.69, 9.17) is 5.11 Å². The summed E-state index contributed by atoms with van der Waals surface area (Å²) in [4.78, 5) is 9.36. The van der Waals surface area contributed by atoms with Gasteiger partial charge in [-0.25, -0.2) is 0 Å². The Morgan fingerprint density at radius 3 is 2.00 bits per heavy atom. The first-order chi connectivity index (χ1) is 2.27. The third kappa shape index (κ3) is 8.84. The molecule has 4 heteroatoms. The van der Waals surface area contributed by atoms with Crippen LogP contribution in [0.4, 0.5) is 0 Å². The topological polar surface area (TPSA) is 37.3 Å². The van der Waals surface area contributed by atoms with E-state index in [0.29, 0.717) is 0 Å². The second-order valence-electron chi connectivity index (χ2n) is 0.527. The van der Waals surface area contributed by atoms with Crippen LogP contribution in [0.3, 0.4) is 0 Å². The summed E-state index contributed by atoms with van der Waals surface area (Å²) in [6, 6.07) is 0. The summed E-state index contributed by atoms with van der Waals surface area (Å²) in [7, 11) is 0. The van der Waals surface area contributed by atoms with Gasteiger partial charge in [-0.05, 0) is 0 Å². The fourth-order valence-corrected chi connectivity index (χ4v) is 0. The first kappa shape index (κ1) is 9.93. The Labute approximate surface area is 61.6 Å². The predicted octanol–water partition coefficient (Wildman–Crippen LogP) is -0.142. The van der Waals surface area contributed by atoms with Crippen molar-refractivity contribution in [3.05, 3.63) is 0 Å². The van der Waals surface area contributed by atoms with Crippen molar-refractivity contribution < 1.29 is 9.90 Å². The van der Waals surface area contributed by atoms with Crippen molar-refractivity contribution in [2.45, 2.75) is 0 Å². The molecule has 0 spiro atoms. The van der Waals surface area contributed by atoms with Crippen molar-refractivity contribution in [1.82, 2.24) is 0 Å². The monoisotopic (exact) mass is 194 g/mol. The molecule has 0 amide bonds. The molecule has 0 heterocycles. The molecule has 0 rings (SSSR count). The fraction of sp³-hybridized carbons (Fsp3) is 0.500. The van der Waals surface area contributed by atoms with Crippen molar-refractivity contribution in [3.63, 3.8) is 0 Å². The summed E-state index contributed by atoms with van der Waals surface area (Å²) in [6.45, 7) is 0. The van der Waals surface area contributed by atoms with Crippen LogP contribution in [0, 0.1) is 0 Å². The van der Waals surface area contributed by atoms with E-state index >= 15 is 0 Å². The molecule has 0 bridgehead atoms. The molecule has 0 aromatic rings. The molecule has 0 saturated carbocycles. The van der Waals surface area contributed by atoms with E-state index in [0.717, 1.165) is 0 Å². The van der Waals surface area contributed by atoms with Gasteiger partial charge in [-0.3, -0.25) is 4.79 Å². The van der Waals surface area contributed by atoms with Crippen molar-refractivity contribution in [2.24, 2.45) is 0 Å². The molecular formula is C2H4ILiO2. The standard InChI is InChI=1S/C2H3IO2.Li.H/c3-1-2(4)5;;/h1H2,(H,4,5);;. The summed E-state index contributed by atoms with van der Waals surface area (Å²) in [5.41, 5.74) is 0. The Balaban J connectivity index is 0. The Morgan fingerprint density at radius 1 is 1.83 bits per heavy atom. The molecule has 6 heavy (non-hydrogen) atoms. The van der Waals surface area contributed by atoms with Crippen molar-refractivity contribution in [3.8, 4) is 0 Å². The van der Waals surface area contributed by atoms with E-state index in [9.17, 15) is 4.79 Å². The number of rotatable bonds is 1. The number of carbonyl (C=O) groups is 1. The minimum atomic E-state index is -0.759. The van der Waals surface area contributed by atoms with Crippen LogP contribution in [-0.2, 0) is 4.79 Å². The number of carboxylic acids is 1. The van der Waals surface area contributed by atoms with Gasteiger partial charge < -0.3 is 5.11 Å². The van der Waals surface area contributed by atoms with E-state index in [1.165, 1.54) is 0 Å². The SMILES string of the molecule is O=C(O)CI.[LiH]. The normalized spacial score (nSPS) is 6.17. The zero-order valence-corrected chi connectivity index (χ0v) is 4.60. The Kier molecular flexibility index (Phi) is 9.59. The predicted molar refractivity (Wildman–Crippen MR) is 33.7 cm³/mol. The van der Waals surface area contributed by atoms with Gasteiger partial charge in [0, 0.05) is 0 Å². The van der Waals surface area contributed by atoms with Crippen LogP contribution in [0.1, 0.15) is 0 Å². The van der Waals surface area contributed by atoms with Crippen LogP contribution in [0.25, 0.3) is 0 Å². The number of hydrogen-bond acceptors (Lipinski definition) is 1. The molecule has 0 aromatic carbocycles. The van der Waals surface area contributed by atoms with Gasteiger partial charge in [-0.1, -0.05) is 22.6 Å². The fourth-order valence-electron chi connectivity index (χ4n) is 0. The Bertz CT molecular complexity index is 46.8. The molecule has 0 aliphatic carbocycles. The van der Waals surface area contributed by atoms with Crippen LogP contribution >= 0.6 is 22.6 Å². The first-order valence-electron chi connectivity index (χ1n) is 1.05. The van der Waals surface area contributed by atoms with Gasteiger partial charge in [0.2, 0.25) is 0 Å². The molecule has 1 N–H and O–H groups in total. The maximum absolute atomic E-state index is 9.36. The van der Waals surface area contributed by atoms with Gasteiger partial charge in [-0.15, -0.1) is 0 Å². The van der Waals surface area contributed by atoms with Gasteiger partial charge in [0.1, 0.15) is 0 Å². The van der Waals surface area contributed by atoms with Gasteiger partial charge in [0.05, 0.1) is 4.43 Å². The Hall–Kier alpha value is 0.797. The van der Waals surface area contributed by atoms with Crippen molar-refractivity contribution in [1.29, 1.82) is 0 Å². The zero-order chi connectivity index (χ0) is 4.28. The van der Waals surface area contributed by atoms with E-state index < -0.39 is 5.97 Å². The van der Waals surface area contributed by atoms with Gasteiger partial charge in [-0.2, -0.15) is 0 Å². The quantitative estimate of drug-likeness (QED) is 0.358. The molecule has 32 valence electrons. The minimum absolute atomic E-state index is 0. The van der Waals surface area contributed by atoms with Crippen molar-refractivity contribution >= 4 is 47.4 Å². The molecule has 0 saturated heterocycles. The molecule has 2 nitrogen and oxygen atoms in total. The third-order valence-electron chi connectivity index (χ3n) is 0.114. The molecule has 0 aliphatic heterocycles. The molecule has 0 fully saturated rings. The van der Waals surface area contributed by atoms with Gasteiger partial charge in [0.25, 0.3) is 0 Å². The summed E-state index contributed by atoms with van der Waals surface area (Å²) >= 11 is 1.78. The second kappa shape index (κ2) is 5.80. The molecule has 0 aromatic heterocycles. The maximum atomic E-state index is 9.36. The number of aliphatic carboxylic acids is 1. The molecular weight excluding hydrogens is 190 g/mol. The van der Waals surface area contributed by atoms with Crippen LogP contribution in [0.5, 0.6) is 0 Å². The zero-order valence-electron chi connectivity index (χ0n) is 2.44. The van der Waals surface area contributed by atoms with Crippen LogP contribution in [0.2, 0.25) is 0 Å². The summed E-state index contributed by atoms with van der Waals surface area (Å²) in [5.74, 6) is -0.759. The summed E-state index contributed by atoms with van der Waals surface area (Å²) in [5, 5.41) is 7.71. The molecule has 0 atom stereocenters. The first-order valence-corrected chi connectivity index (χ1v) is 2.57. The average Bonchev–Trinajstić information content (AvgIpc) is 1.38. The van der Waals surface area contributed by atoms with E-state index in [1.807, 2.05) is 0 Å². The number of carboxylic acid groups (broad SMARTS) is 1. The molecule has 0 unspecified atom stereocenters. The number of alkyl halides is 1. The van der Waals surface area contributed by atoms with Crippen LogP contribution < -0.4 is 0 Å². The number of hydrogen-bond donors (Lipinski definition) is 1. The number of halogens is 1. The summed E-state index contributed by atoms with van der Waals surface area (Å²) in [6.07, 6.45) is 0. The Morgan fingerprint density at radius 2 is 2.00 bits per heavy atom. The molecule has 0 radical (unpaired) electrons. The third-order valence-corrected chi connectivity index (χ3v) is 0.767. The van der Waals surface area contributed by atoms with E-state index in [-0.39, 0.29) is 23.3 Å². The van der Waals surface area contributed by atoms with E-state index in [2.05, 4.69) is 0 Å². The van der Waals surface area contributed by atoms with Crippen LogP contribution in [0.15, 0.2) is 0 Å².